The first kappa shape index (κ1) is 21.5. The zero-order valence-electron chi connectivity index (χ0n) is 18.7. The lowest BCUT2D eigenvalue weighted by atomic mass is 9.85. The van der Waals surface area contributed by atoms with E-state index in [4.69, 9.17) is 0 Å². The molecule has 0 saturated carbocycles. The van der Waals surface area contributed by atoms with Crippen LogP contribution in [0.3, 0.4) is 0 Å². The number of anilines is 1. The number of aromatic nitrogens is 1. The molecule has 1 fully saturated rings. The molecule has 1 aliphatic rings. The molecular weight excluding hydrogens is 400 g/mol. The van der Waals surface area contributed by atoms with Gasteiger partial charge in [0.05, 0.1) is 11.6 Å². The quantitative estimate of drug-likeness (QED) is 0.350. The van der Waals surface area contributed by atoms with Crippen molar-refractivity contribution in [3.63, 3.8) is 0 Å². The molecule has 5 nitrogen and oxygen atoms in total. The van der Waals surface area contributed by atoms with Crippen LogP contribution in [-0.4, -0.2) is 21.8 Å². The van der Waals surface area contributed by atoms with E-state index in [0.29, 0.717) is 11.4 Å². The van der Waals surface area contributed by atoms with Gasteiger partial charge in [0, 0.05) is 11.8 Å². The van der Waals surface area contributed by atoms with Crippen molar-refractivity contribution in [3.05, 3.63) is 101 Å². The molecule has 0 radical (unpaired) electrons. The molecule has 1 aliphatic heterocycles. The molecule has 1 saturated heterocycles. The third-order valence-corrected chi connectivity index (χ3v) is 5.76. The summed E-state index contributed by atoms with van der Waals surface area (Å²) in [5.41, 5.74) is 3.42. The molecule has 0 bridgehead atoms. The van der Waals surface area contributed by atoms with Gasteiger partial charge in [0.15, 0.2) is 0 Å². The van der Waals surface area contributed by atoms with Crippen molar-refractivity contribution in [2.75, 3.05) is 4.90 Å². The van der Waals surface area contributed by atoms with Gasteiger partial charge in [-0.15, -0.1) is 0 Å². The van der Waals surface area contributed by atoms with E-state index in [1.165, 1.54) is 4.90 Å². The van der Waals surface area contributed by atoms with Gasteiger partial charge in [0.2, 0.25) is 0 Å². The minimum Gasteiger partial charge on any atom is -0.507 e. The van der Waals surface area contributed by atoms with Crippen molar-refractivity contribution >= 4 is 23.3 Å². The van der Waals surface area contributed by atoms with Crippen LogP contribution in [0.1, 0.15) is 49.1 Å². The van der Waals surface area contributed by atoms with Gasteiger partial charge in [0.1, 0.15) is 11.6 Å². The summed E-state index contributed by atoms with van der Waals surface area (Å²) < 4.78 is 0. The van der Waals surface area contributed by atoms with Crippen LogP contribution in [0.5, 0.6) is 0 Å². The van der Waals surface area contributed by atoms with Gasteiger partial charge in [0.25, 0.3) is 5.78 Å². The number of ketones is 1. The van der Waals surface area contributed by atoms with Crippen molar-refractivity contribution < 1.29 is 14.7 Å². The van der Waals surface area contributed by atoms with Crippen molar-refractivity contribution in [3.8, 4) is 0 Å². The summed E-state index contributed by atoms with van der Waals surface area (Å²) in [4.78, 5) is 31.9. The van der Waals surface area contributed by atoms with Crippen LogP contribution >= 0.6 is 0 Å². The first-order valence-corrected chi connectivity index (χ1v) is 10.6. The van der Waals surface area contributed by atoms with E-state index in [2.05, 4.69) is 25.8 Å². The van der Waals surface area contributed by atoms with Crippen LogP contribution < -0.4 is 4.90 Å². The molecule has 0 spiro atoms. The number of hydrogen-bond acceptors (Lipinski definition) is 4. The average molecular weight is 427 g/mol. The summed E-state index contributed by atoms with van der Waals surface area (Å²) in [6, 6.07) is 19.5. The number of aliphatic hydroxyl groups excluding tert-OH is 1. The van der Waals surface area contributed by atoms with Crippen LogP contribution in [0.25, 0.3) is 5.76 Å². The largest absolute Gasteiger partial charge is 0.507 e. The lowest BCUT2D eigenvalue weighted by Crippen LogP contribution is -2.30. The monoisotopic (exact) mass is 426 g/mol. The summed E-state index contributed by atoms with van der Waals surface area (Å²) in [6.45, 7) is 8.32. The van der Waals surface area contributed by atoms with Crippen LogP contribution in [-0.2, 0) is 15.0 Å². The number of rotatable bonds is 3. The minimum absolute atomic E-state index is 0.0385. The first-order chi connectivity index (χ1) is 15.2. The van der Waals surface area contributed by atoms with Crippen molar-refractivity contribution in [2.24, 2.45) is 0 Å². The smallest absolute Gasteiger partial charge is 0.301 e. The molecule has 32 heavy (non-hydrogen) atoms. The molecule has 2 heterocycles. The lowest BCUT2D eigenvalue weighted by molar-refractivity contribution is -0.132. The average Bonchev–Trinajstić information content (AvgIpc) is 3.04. The highest BCUT2D eigenvalue weighted by molar-refractivity contribution is 6.51. The van der Waals surface area contributed by atoms with Crippen LogP contribution in [0.4, 0.5) is 5.82 Å². The first-order valence-electron chi connectivity index (χ1n) is 10.6. The summed E-state index contributed by atoms with van der Waals surface area (Å²) in [7, 11) is 0. The van der Waals surface area contributed by atoms with E-state index in [9.17, 15) is 14.7 Å². The fourth-order valence-electron chi connectivity index (χ4n) is 3.91. The molecule has 2 aromatic carbocycles. The number of pyridine rings is 1. The zero-order valence-corrected chi connectivity index (χ0v) is 18.7. The third kappa shape index (κ3) is 3.82. The normalized spacial score (nSPS) is 18.2. The minimum atomic E-state index is -0.778. The number of carbonyl (C=O) groups excluding carboxylic acids is 2. The van der Waals surface area contributed by atoms with E-state index in [0.717, 1.165) is 16.7 Å². The van der Waals surface area contributed by atoms with Gasteiger partial charge in [-0.2, -0.15) is 0 Å². The maximum atomic E-state index is 13.1. The van der Waals surface area contributed by atoms with Crippen molar-refractivity contribution in [2.45, 2.75) is 39.2 Å². The Morgan fingerprint density at radius 1 is 0.938 bits per heavy atom. The zero-order chi connectivity index (χ0) is 23.0. The molecule has 4 rings (SSSR count). The van der Waals surface area contributed by atoms with E-state index in [1.807, 2.05) is 43.3 Å². The fraction of sp³-hybridized carbons (Fsp3) is 0.222. The van der Waals surface area contributed by atoms with E-state index >= 15 is 0 Å². The Hall–Kier alpha value is -3.73. The number of Topliss-reactive ketones (excluding diaryl/α,β-unsaturated/α-hetero) is 1. The predicted molar refractivity (Wildman–Crippen MR) is 125 cm³/mol. The molecule has 5 heteroatoms. The summed E-state index contributed by atoms with van der Waals surface area (Å²) >= 11 is 0. The Morgan fingerprint density at radius 3 is 2.16 bits per heavy atom. The van der Waals surface area contributed by atoms with Gasteiger partial charge in [-0.05, 0) is 35.6 Å². The highest BCUT2D eigenvalue weighted by Crippen LogP contribution is 2.41. The highest BCUT2D eigenvalue weighted by atomic mass is 16.3. The van der Waals surface area contributed by atoms with E-state index in [1.54, 1.807) is 36.5 Å². The number of nitrogens with zero attached hydrogens (tertiary/aromatic N) is 2. The summed E-state index contributed by atoms with van der Waals surface area (Å²) in [5, 5.41) is 11.1. The molecular formula is C27H26N2O3. The topological polar surface area (TPSA) is 70.5 Å². The fourth-order valence-corrected chi connectivity index (χ4v) is 3.91. The van der Waals surface area contributed by atoms with Gasteiger partial charge >= 0.3 is 5.91 Å². The lowest BCUT2D eigenvalue weighted by Gasteiger charge is -2.25. The Morgan fingerprint density at radius 2 is 1.59 bits per heavy atom. The molecule has 1 N–H and O–H groups in total. The number of amides is 1. The number of benzene rings is 2. The molecule has 162 valence electrons. The number of carbonyl (C=O) groups is 2. The van der Waals surface area contributed by atoms with E-state index < -0.39 is 17.7 Å². The summed E-state index contributed by atoms with van der Waals surface area (Å²) in [6.07, 6.45) is 1.58. The molecule has 3 aromatic rings. The molecule has 1 unspecified atom stereocenters. The van der Waals surface area contributed by atoms with Gasteiger partial charge in [-0.25, -0.2) is 4.98 Å². The second kappa shape index (κ2) is 8.08. The number of aryl methyl sites for hydroxylation is 1. The SMILES string of the molecule is Cc1ccc(/C(O)=C2\C(=O)C(=O)N(c3ccccn3)C2c2ccc(C(C)(C)C)cc2)cc1. The van der Waals surface area contributed by atoms with Crippen molar-refractivity contribution in [1.29, 1.82) is 0 Å². The molecule has 1 amide bonds. The molecule has 0 aliphatic carbocycles. The third-order valence-electron chi connectivity index (χ3n) is 5.76. The van der Waals surface area contributed by atoms with Gasteiger partial charge in [-0.1, -0.05) is 80.9 Å². The van der Waals surface area contributed by atoms with Gasteiger partial charge < -0.3 is 5.11 Å². The van der Waals surface area contributed by atoms with Crippen LogP contribution in [0, 0.1) is 6.92 Å². The Balaban J connectivity index is 1.91. The van der Waals surface area contributed by atoms with Crippen LogP contribution in [0.2, 0.25) is 0 Å². The Bertz CT molecular complexity index is 1190. The van der Waals surface area contributed by atoms with Gasteiger partial charge in [-0.3, -0.25) is 14.5 Å². The summed E-state index contributed by atoms with van der Waals surface area (Å²) in [5.74, 6) is -1.25. The number of hydrogen-bond donors (Lipinski definition) is 1. The van der Waals surface area contributed by atoms with Crippen molar-refractivity contribution in [1.82, 2.24) is 4.98 Å². The highest BCUT2D eigenvalue weighted by Gasteiger charge is 2.47. The Labute approximate surface area is 188 Å². The Kier molecular flexibility index (Phi) is 5.43. The predicted octanol–water partition coefficient (Wildman–Crippen LogP) is 5.31. The molecule has 1 aromatic heterocycles. The second-order valence-corrected chi connectivity index (χ2v) is 9.10. The maximum absolute atomic E-state index is 13.1. The van der Waals surface area contributed by atoms with Crippen LogP contribution in [0.15, 0.2) is 78.5 Å². The standard InChI is InChI=1S/C27H26N2O3/c1-17-8-10-19(11-9-17)24(30)22-23(18-12-14-20(15-13-18)27(2,3)4)29(26(32)25(22)31)21-7-5-6-16-28-21/h5-16,23,30H,1-4H3/b24-22+. The second-order valence-electron chi connectivity index (χ2n) is 9.10. The molecule has 1 atom stereocenters. The number of aliphatic hydroxyl groups is 1. The maximum Gasteiger partial charge on any atom is 0.301 e. The van der Waals surface area contributed by atoms with E-state index in [-0.39, 0.29) is 16.7 Å².